The molecule has 0 spiro atoms. The average molecular weight is 606 g/mol. The molecule has 0 aliphatic carbocycles. The fraction of sp³-hybridized carbons (Fsp3) is 0.152. The van der Waals surface area contributed by atoms with Gasteiger partial charge in [-0.05, 0) is 54.1 Å². The molecule has 2 N–H and O–H groups in total. The third kappa shape index (κ3) is 5.87. The lowest BCUT2D eigenvalue weighted by Gasteiger charge is -2.28. The molecule has 1 amide bonds. The molecule has 11 heteroatoms. The average Bonchev–Trinajstić information content (AvgIpc) is 3.65. The van der Waals surface area contributed by atoms with Crippen LogP contribution in [0.5, 0.6) is 0 Å². The maximum absolute atomic E-state index is 14.1. The van der Waals surface area contributed by atoms with E-state index in [1.54, 1.807) is 30.5 Å². The van der Waals surface area contributed by atoms with Gasteiger partial charge in [0, 0.05) is 53.5 Å². The number of imidazole rings is 1. The fourth-order valence-electron chi connectivity index (χ4n) is 5.25. The summed E-state index contributed by atoms with van der Waals surface area (Å²) < 4.78 is 21.5. The van der Waals surface area contributed by atoms with Gasteiger partial charge in [-0.3, -0.25) is 9.20 Å². The first-order valence-electron chi connectivity index (χ1n) is 14.2. The van der Waals surface area contributed by atoms with Crippen molar-refractivity contribution in [2.45, 2.75) is 6.42 Å². The van der Waals surface area contributed by atoms with Crippen molar-refractivity contribution >= 4 is 45.2 Å². The fourth-order valence-corrected chi connectivity index (χ4v) is 5.97. The van der Waals surface area contributed by atoms with Crippen LogP contribution in [0, 0.1) is 5.82 Å². The third-order valence-electron chi connectivity index (χ3n) is 7.39. The first-order chi connectivity index (χ1) is 21.6. The number of aromatic nitrogens is 4. The molecule has 6 aromatic rings. The smallest absolute Gasteiger partial charge is 0.228 e. The highest BCUT2D eigenvalue weighted by Gasteiger charge is 2.19. The van der Waals surface area contributed by atoms with Gasteiger partial charge >= 0.3 is 0 Å². The first kappa shape index (κ1) is 27.7. The van der Waals surface area contributed by atoms with E-state index in [9.17, 15) is 9.18 Å². The van der Waals surface area contributed by atoms with Crippen molar-refractivity contribution in [1.29, 1.82) is 0 Å². The minimum Gasteiger partial charge on any atom is -0.378 e. The number of hydrogen-bond donors (Lipinski definition) is 2. The van der Waals surface area contributed by atoms with Gasteiger partial charge in [0.2, 0.25) is 11.9 Å². The number of nitrogens with one attached hydrogen (secondary N) is 2. The van der Waals surface area contributed by atoms with E-state index >= 15 is 0 Å². The van der Waals surface area contributed by atoms with Gasteiger partial charge in [-0.25, -0.2) is 19.3 Å². The molecule has 0 atom stereocenters. The molecule has 0 saturated carbocycles. The summed E-state index contributed by atoms with van der Waals surface area (Å²) in [6.07, 6.45) is 3.63. The zero-order chi connectivity index (χ0) is 29.9. The van der Waals surface area contributed by atoms with Crippen LogP contribution in [0.4, 0.5) is 27.4 Å². The molecule has 0 radical (unpaired) electrons. The van der Waals surface area contributed by atoms with E-state index in [1.807, 2.05) is 52.4 Å². The molecule has 1 aliphatic heterocycles. The lowest BCUT2D eigenvalue weighted by molar-refractivity contribution is -0.115. The molecule has 3 aromatic carbocycles. The van der Waals surface area contributed by atoms with Gasteiger partial charge < -0.3 is 20.3 Å². The van der Waals surface area contributed by atoms with Crippen LogP contribution in [0.25, 0.3) is 27.6 Å². The van der Waals surface area contributed by atoms with Crippen molar-refractivity contribution in [3.8, 4) is 22.6 Å². The quantitative estimate of drug-likeness (QED) is 0.207. The number of halogens is 1. The summed E-state index contributed by atoms with van der Waals surface area (Å²) in [5, 5.41) is 8.20. The predicted octanol–water partition coefficient (Wildman–Crippen LogP) is 6.42. The molecule has 1 fully saturated rings. The lowest BCUT2D eigenvalue weighted by Crippen LogP contribution is -2.36. The summed E-state index contributed by atoms with van der Waals surface area (Å²) in [5.41, 5.74) is 6.02. The number of benzene rings is 3. The van der Waals surface area contributed by atoms with Crippen molar-refractivity contribution in [3.63, 3.8) is 0 Å². The first-order valence-corrected chi connectivity index (χ1v) is 15.1. The number of hydrogen-bond acceptors (Lipinski definition) is 8. The number of carbonyl (C=O) groups is 1. The van der Waals surface area contributed by atoms with Crippen LogP contribution >= 0.6 is 11.3 Å². The summed E-state index contributed by atoms with van der Waals surface area (Å²) in [4.78, 5) is 30.1. The van der Waals surface area contributed by atoms with Gasteiger partial charge in [0.1, 0.15) is 11.5 Å². The number of ether oxygens (including phenoxy) is 1. The number of morpholine rings is 1. The standard InChI is InChI=1S/C33H28FN7O2S/c34-27-7-2-1-4-22(27)21-29(42)36-25-6-3-5-23(20-25)30-31(41-16-19-44-33(41)39-30)28-12-13-35-32(38-28)37-24-8-10-26(11-9-24)40-14-17-43-18-15-40/h1-13,16,19-20H,14-15,17-18,21H2,(H,36,42)(H,35,37,38). The molecule has 0 unspecified atom stereocenters. The Balaban J connectivity index is 1.14. The molecule has 7 rings (SSSR count). The SMILES string of the molecule is O=C(Cc1ccccc1F)Nc1cccc(-c2nc3sccn3c2-c2ccnc(Nc3ccc(N4CCOCC4)cc3)n2)c1. The van der Waals surface area contributed by atoms with Gasteiger partial charge in [0.15, 0.2) is 4.96 Å². The summed E-state index contributed by atoms with van der Waals surface area (Å²) in [6.45, 7) is 3.24. The van der Waals surface area contributed by atoms with E-state index < -0.39 is 5.82 Å². The number of anilines is 4. The maximum atomic E-state index is 14.1. The number of carbonyl (C=O) groups excluding carboxylic acids is 1. The van der Waals surface area contributed by atoms with Crippen LogP contribution in [0.3, 0.4) is 0 Å². The molecule has 44 heavy (non-hydrogen) atoms. The maximum Gasteiger partial charge on any atom is 0.228 e. The Morgan fingerprint density at radius 3 is 2.64 bits per heavy atom. The Morgan fingerprint density at radius 1 is 0.955 bits per heavy atom. The third-order valence-corrected chi connectivity index (χ3v) is 8.15. The summed E-state index contributed by atoms with van der Waals surface area (Å²) in [6, 6.07) is 23.8. The van der Waals surface area contributed by atoms with Gasteiger partial charge in [-0.2, -0.15) is 0 Å². The van der Waals surface area contributed by atoms with Crippen molar-refractivity contribution in [2.24, 2.45) is 0 Å². The van der Waals surface area contributed by atoms with Crippen molar-refractivity contribution in [3.05, 3.63) is 108 Å². The van der Waals surface area contributed by atoms with Crippen molar-refractivity contribution in [2.75, 3.05) is 41.8 Å². The minimum absolute atomic E-state index is 0.0605. The Labute approximate surface area is 257 Å². The van der Waals surface area contributed by atoms with E-state index in [-0.39, 0.29) is 12.3 Å². The van der Waals surface area contributed by atoms with E-state index in [0.717, 1.165) is 59.6 Å². The minimum atomic E-state index is -0.400. The molecular formula is C33H28FN7O2S. The number of fused-ring (bicyclic) bond motifs is 1. The van der Waals surface area contributed by atoms with Gasteiger partial charge in [-0.1, -0.05) is 30.3 Å². The number of rotatable bonds is 8. The highest BCUT2D eigenvalue weighted by Crippen LogP contribution is 2.35. The number of amides is 1. The molecule has 3 aromatic heterocycles. The predicted molar refractivity (Wildman–Crippen MR) is 171 cm³/mol. The normalized spacial score (nSPS) is 13.2. The van der Waals surface area contributed by atoms with E-state index in [4.69, 9.17) is 14.7 Å². The second kappa shape index (κ2) is 12.2. The van der Waals surface area contributed by atoms with E-state index in [1.165, 1.54) is 17.4 Å². The lowest BCUT2D eigenvalue weighted by atomic mass is 10.1. The van der Waals surface area contributed by atoms with Crippen LogP contribution in [0.15, 0.2) is 96.6 Å². The molecule has 1 aliphatic rings. The molecule has 0 bridgehead atoms. The summed E-state index contributed by atoms with van der Waals surface area (Å²) in [5.74, 6) is -0.238. The Bertz CT molecular complexity index is 1930. The second-order valence-electron chi connectivity index (χ2n) is 10.3. The van der Waals surface area contributed by atoms with Gasteiger partial charge in [0.25, 0.3) is 0 Å². The monoisotopic (exact) mass is 605 g/mol. The Hall–Kier alpha value is -5.13. The van der Waals surface area contributed by atoms with Gasteiger partial charge in [0.05, 0.1) is 31.0 Å². The van der Waals surface area contributed by atoms with Gasteiger partial charge in [-0.15, -0.1) is 11.3 Å². The number of nitrogens with zero attached hydrogens (tertiary/aromatic N) is 5. The Kier molecular flexibility index (Phi) is 7.70. The summed E-state index contributed by atoms with van der Waals surface area (Å²) >= 11 is 1.52. The van der Waals surface area contributed by atoms with Crippen LogP contribution in [0.1, 0.15) is 5.56 Å². The van der Waals surface area contributed by atoms with E-state index in [2.05, 4.69) is 32.7 Å². The molecule has 220 valence electrons. The summed E-state index contributed by atoms with van der Waals surface area (Å²) in [7, 11) is 0. The van der Waals surface area contributed by atoms with Crippen LogP contribution in [0.2, 0.25) is 0 Å². The highest BCUT2D eigenvalue weighted by atomic mass is 32.1. The highest BCUT2D eigenvalue weighted by molar-refractivity contribution is 7.15. The Morgan fingerprint density at radius 2 is 1.80 bits per heavy atom. The molecule has 1 saturated heterocycles. The van der Waals surface area contributed by atoms with Crippen molar-refractivity contribution in [1.82, 2.24) is 19.4 Å². The van der Waals surface area contributed by atoms with Crippen LogP contribution < -0.4 is 15.5 Å². The molecule has 4 heterocycles. The molecular weight excluding hydrogens is 577 g/mol. The van der Waals surface area contributed by atoms with Crippen molar-refractivity contribution < 1.29 is 13.9 Å². The number of thiazole rings is 1. The van der Waals surface area contributed by atoms with Crippen LogP contribution in [-0.4, -0.2) is 51.6 Å². The zero-order valence-electron chi connectivity index (χ0n) is 23.6. The zero-order valence-corrected chi connectivity index (χ0v) is 24.4. The second-order valence-corrected chi connectivity index (χ2v) is 11.2. The largest absolute Gasteiger partial charge is 0.378 e. The topological polar surface area (TPSA) is 96.7 Å². The van der Waals surface area contributed by atoms with E-state index in [0.29, 0.717) is 22.9 Å². The molecule has 9 nitrogen and oxygen atoms in total. The van der Waals surface area contributed by atoms with Crippen LogP contribution in [-0.2, 0) is 16.0 Å².